The molecule has 1 aliphatic rings. The number of carbonyl (C=O) groups is 3. The number of nitrogens with one attached hydrogen (secondary N) is 1. The molecule has 2 N–H and O–H groups in total. The highest BCUT2D eigenvalue weighted by atomic mass is 16.4. The van der Waals surface area contributed by atoms with E-state index in [-0.39, 0.29) is 24.3 Å². The van der Waals surface area contributed by atoms with Crippen molar-refractivity contribution in [1.29, 1.82) is 0 Å². The molecule has 6 nitrogen and oxygen atoms in total. The number of rotatable bonds is 5. The van der Waals surface area contributed by atoms with Gasteiger partial charge < -0.3 is 15.3 Å². The minimum atomic E-state index is -0.873. The van der Waals surface area contributed by atoms with Gasteiger partial charge in [-0.05, 0) is 37.8 Å². The lowest BCUT2D eigenvalue weighted by atomic mass is 9.95. The Morgan fingerprint density at radius 2 is 2.00 bits per heavy atom. The number of nitrogens with zero attached hydrogens (tertiary/aromatic N) is 1. The van der Waals surface area contributed by atoms with E-state index in [0.29, 0.717) is 24.9 Å². The number of carbonyl (C=O) groups excluding carboxylic acids is 2. The molecule has 0 spiro atoms. The molecule has 1 fully saturated rings. The second-order valence-corrected chi connectivity index (χ2v) is 7.03. The molecule has 1 saturated heterocycles. The maximum Gasteiger partial charge on any atom is 0.308 e. The fourth-order valence-corrected chi connectivity index (χ4v) is 3.10. The summed E-state index contributed by atoms with van der Waals surface area (Å²) >= 11 is 0. The number of aliphatic carboxylic acids is 1. The molecule has 136 valence electrons. The molecule has 1 aliphatic heterocycles. The van der Waals surface area contributed by atoms with Crippen molar-refractivity contribution in [2.24, 2.45) is 11.8 Å². The lowest BCUT2D eigenvalue weighted by molar-refractivity contribution is -0.146. The maximum absolute atomic E-state index is 12.9. The van der Waals surface area contributed by atoms with Gasteiger partial charge in [0, 0.05) is 18.7 Å². The van der Waals surface area contributed by atoms with Gasteiger partial charge in [-0.15, -0.1) is 0 Å². The third kappa shape index (κ3) is 4.81. The summed E-state index contributed by atoms with van der Waals surface area (Å²) in [6.45, 7) is 6.39. The third-order valence-electron chi connectivity index (χ3n) is 4.58. The summed E-state index contributed by atoms with van der Waals surface area (Å²) in [4.78, 5) is 38.1. The van der Waals surface area contributed by atoms with Crippen LogP contribution in [-0.4, -0.2) is 46.9 Å². The summed E-state index contributed by atoms with van der Waals surface area (Å²) in [5, 5.41) is 12.0. The Bertz CT molecular complexity index is 657. The molecule has 2 rings (SSSR count). The second kappa shape index (κ2) is 8.14. The topological polar surface area (TPSA) is 86.7 Å². The summed E-state index contributed by atoms with van der Waals surface area (Å²) in [5.74, 6) is -1.99. The molecule has 0 aromatic heterocycles. The first-order valence-corrected chi connectivity index (χ1v) is 8.68. The molecular formula is C19H26N2O4. The van der Waals surface area contributed by atoms with Crippen LogP contribution in [0, 0.1) is 18.8 Å². The lowest BCUT2D eigenvalue weighted by Gasteiger charge is -2.34. The minimum Gasteiger partial charge on any atom is -0.481 e. The van der Waals surface area contributed by atoms with E-state index in [1.54, 1.807) is 23.1 Å². The number of amides is 2. The van der Waals surface area contributed by atoms with Gasteiger partial charge >= 0.3 is 5.97 Å². The van der Waals surface area contributed by atoms with Gasteiger partial charge in [0.1, 0.15) is 6.04 Å². The van der Waals surface area contributed by atoms with E-state index < -0.39 is 17.9 Å². The normalized spacial score (nSPS) is 18.7. The predicted molar refractivity (Wildman–Crippen MR) is 94.2 cm³/mol. The van der Waals surface area contributed by atoms with E-state index in [0.717, 1.165) is 5.56 Å². The molecule has 2 amide bonds. The average molecular weight is 346 g/mol. The van der Waals surface area contributed by atoms with Gasteiger partial charge in [-0.25, -0.2) is 0 Å². The van der Waals surface area contributed by atoms with Crippen molar-refractivity contribution in [1.82, 2.24) is 10.2 Å². The first-order chi connectivity index (χ1) is 11.8. The summed E-state index contributed by atoms with van der Waals surface area (Å²) in [5.41, 5.74) is 1.49. The molecule has 0 saturated carbocycles. The van der Waals surface area contributed by atoms with Crippen LogP contribution in [0.1, 0.15) is 42.6 Å². The minimum absolute atomic E-state index is 0.0912. The Labute approximate surface area is 148 Å². The zero-order valence-corrected chi connectivity index (χ0v) is 15.0. The van der Waals surface area contributed by atoms with Crippen LogP contribution in [0.4, 0.5) is 0 Å². The molecule has 1 heterocycles. The first-order valence-electron chi connectivity index (χ1n) is 8.68. The molecule has 1 aromatic carbocycles. The van der Waals surface area contributed by atoms with Crippen LogP contribution in [0.5, 0.6) is 0 Å². The quantitative estimate of drug-likeness (QED) is 0.854. The van der Waals surface area contributed by atoms with Crippen molar-refractivity contribution >= 4 is 17.8 Å². The first kappa shape index (κ1) is 19.0. The van der Waals surface area contributed by atoms with Crippen LogP contribution in [-0.2, 0) is 9.59 Å². The molecule has 1 aromatic rings. The van der Waals surface area contributed by atoms with Gasteiger partial charge in [-0.3, -0.25) is 14.4 Å². The number of likely N-dealkylation sites (tertiary alicyclic amines) is 1. The Kier molecular flexibility index (Phi) is 6.17. The smallest absolute Gasteiger partial charge is 0.308 e. The third-order valence-corrected chi connectivity index (χ3v) is 4.58. The molecule has 0 radical (unpaired) electrons. The lowest BCUT2D eigenvalue weighted by Crippen LogP contribution is -2.54. The summed E-state index contributed by atoms with van der Waals surface area (Å²) in [6.07, 6.45) is 1.25. The summed E-state index contributed by atoms with van der Waals surface area (Å²) in [7, 11) is 0. The predicted octanol–water partition coefficient (Wildman–Crippen LogP) is 2.07. The Balaban J connectivity index is 2.10. The summed E-state index contributed by atoms with van der Waals surface area (Å²) < 4.78 is 0. The molecule has 0 aliphatic carbocycles. The number of hydrogen-bond donors (Lipinski definition) is 2. The van der Waals surface area contributed by atoms with Crippen LogP contribution in [0.15, 0.2) is 24.3 Å². The monoisotopic (exact) mass is 346 g/mol. The van der Waals surface area contributed by atoms with Crippen LogP contribution in [0.2, 0.25) is 0 Å². The number of aryl methyl sites for hydroxylation is 1. The standard InChI is InChI=1S/C19H26N2O4/c1-12(2)16(20-17(22)14-7-4-6-13(3)10-14)18(23)21-9-5-8-15(11-21)19(24)25/h4,6-7,10,12,15-16H,5,8-9,11H2,1-3H3,(H,20,22)(H,24,25). The number of hydrogen-bond acceptors (Lipinski definition) is 3. The fourth-order valence-electron chi connectivity index (χ4n) is 3.10. The number of carboxylic acids is 1. The molecule has 2 unspecified atom stereocenters. The van der Waals surface area contributed by atoms with Gasteiger partial charge in [0.15, 0.2) is 0 Å². The van der Waals surface area contributed by atoms with Crippen LogP contribution >= 0.6 is 0 Å². The van der Waals surface area contributed by atoms with E-state index in [2.05, 4.69) is 5.32 Å². The average Bonchev–Trinajstić information content (AvgIpc) is 2.58. The van der Waals surface area contributed by atoms with E-state index in [4.69, 9.17) is 0 Å². The van der Waals surface area contributed by atoms with Crippen molar-refractivity contribution in [2.45, 2.75) is 39.7 Å². The van der Waals surface area contributed by atoms with E-state index in [1.165, 1.54) is 0 Å². The SMILES string of the molecule is Cc1cccc(C(=O)NC(C(=O)N2CCCC(C(=O)O)C2)C(C)C)c1. The van der Waals surface area contributed by atoms with E-state index in [1.807, 2.05) is 26.8 Å². The highest BCUT2D eigenvalue weighted by Gasteiger charge is 2.33. The Morgan fingerprint density at radius 1 is 1.28 bits per heavy atom. The van der Waals surface area contributed by atoms with Gasteiger partial charge in [0.25, 0.3) is 5.91 Å². The van der Waals surface area contributed by atoms with Gasteiger partial charge in [0.05, 0.1) is 5.92 Å². The van der Waals surface area contributed by atoms with Crippen molar-refractivity contribution < 1.29 is 19.5 Å². The van der Waals surface area contributed by atoms with Crippen molar-refractivity contribution in [3.63, 3.8) is 0 Å². The molecule has 2 atom stereocenters. The van der Waals surface area contributed by atoms with Crippen molar-refractivity contribution in [2.75, 3.05) is 13.1 Å². The van der Waals surface area contributed by atoms with Crippen molar-refractivity contribution in [3.05, 3.63) is 35.4 Å². The van der Waals surface area contributed by atoms with Crippen LogP contribution in [0.25, 0.3) is 0 Å². The largest absolute Gasteiger partial charge is 0.481 e. The summed E-state index contributed by atoms with van der Waals surface area (Å²) in [6, 6.07) is 6.53. The molecular weight excluding hydrogens is 320 g/mol. The highest BCUT2D eigenvalue weighted by molar-refractivity contribution is 5.97. The van der Waals surface area contributed by atoms with Gasteiger partial charge in [0.2, 0.25) is 5.91 Å². The zero-order chi connectivity index (χ0) is 18.6. The van der Waals surface area contributed by atoms with E-state index >= 15 is 0 Å². The van der Waals surface area contributed by atoms with E-state index in [9.17, 15) is 19.5 Å². The number of carboxylic acid groups (broad SMARTS) is 1. The van der Waals surface area contributed by atoms with Crippen molar-refractivity contribution in [3.8, 4) is 0 Å². The second-order valence-electron chi connectivity index (χ2n) is 7.03. The van der Waals surface area contributed by atoms with Crippen LogP contribution < -0.4 is 5.32 Å². The number of benzene rings is 1. The zero-order valence-electron chi connectivity index (χ0n) is 15.0. The maximum atomic E-state index is 12.9. The van der Waals surface area contributed by atoms with Gasteiger partial charge in [-0.1, -0.05) is 31.5 Å². The molecule has 25 heavy (non-hydrogen) atoms. The molecule has 6 heteroatoms. The Hall–Kier alpha value is -2.37. The van der Waals surface area contributed by atoms with Crippen LogP contribution in [0.3, 0.4) is 0 Å². The fraction of sp³-hybridized carbons (Fsp3) is 0.526. The van der Waals surface area contributed by atoms with Gasteiger partial charge in [-0.2, -0.15) is 0 Å². The Morgan fingerprint density at radius 3 is 2.60 bits per heavy atom. The number of piperidine rings is 1. The molecule has 0 bridgehead atoms. The highest BCUT2D eigenvalue weighted by Crippen LogP contribution is 2.19.